The van der Waals surface area contributed by atoms with Gasteiger partial charge in [-0.2, -0.15) is 5.26 Å². The molecule has 0 spiro atoms. The van der Waals surface area contributed by atoms with Gasteiger partial charge in [0.2, 0.25) is 5.96 Å². The van der Waals surface area contributed by atoms with Crippen LogP contribution in [-0.2, 0) is 4.74 Å². The van der Waals surface area contributed by atoms with Crippen molar-refractivity contribution in [2.45, 2.75) is 19.9 Å². The number of aromatic amines is 1. The topological polar surface area (TPSA) is 126 Å². The van der Waals surface area contributed by atoms with Gasteiger partial charge in [-0.05, 0) is 37.6 Å². The van der Waals surface area contributed by atoms with Crippen molar-refractivity contribution in [2.75, 3.05) is 50.8 Å². The molecule has 2 aliphatic rings. The van der Waals surface area contributed by atoms with E-state index in [1.807, 2.05) is 31.4 Å². The van der Waals surface area contributed by atoms with Crippen LogP contribution in [0.2, 0.25) is 0 Å². The van der Waals surface area contributed by atoms with Crippen LogP contribution in [0.3, 0.4) is 0 Å². The first-order chi connectivity index (χ1) is 17.5. The lowest BCUT2D eigenvalue weighted by atomic mass is 10.1. The summed E-state index contributed by atoms with van der Waals surface area (Å²) >= 11 is 0. The van der Waals surface area contributed by atoms with Crippen molar-refractivity contribution in [1.82, 2.24) is 30.1 Å². The Hall–Kier alpha value is -4.17. The van der Waals surface area contributed by atoms with Gasteiger partial charge in [0, 0.05) is 50.5 Å². The molecule has 1 atom stereocenters. The molecule has 11 heteroatoms. The zero-order valence-corrected chi connectivity index (χ0v) is 20.4. The fraction of sp³-hybridized carbons (Fsp3) is 0.400. The Morgan fingerprint density at radius 3 is 2.86 bits per heavy atom. The molecule has 3 aromatic rings. The zero-order valence-electron chi connectivity index (χ0n) is 20.4. The summed E-state index contributed by atoms with van der Waals surface area (Å²) in [7, 11) is 0. The number of aryl methyl sites for hydroxylation is 1. The second kappa shape index (κ2) is 10.2. The number of rotatable bonds is 3. The molecule has 2 saturated heterocycles. The van der Waals surface area contributed by atoms with Crippen molar-refractivity contribution in [3.8, 4) is 6.19 Å². The minimum absolute atomic E-state index is 0.0386. The molecule has 0 bridgehead atoms. The minimum atomic E-state index is -0.0386. The first-order valence-corrected chi connectivity index (χ1v) is 12.1. The highest BCUT2D eigenvalue weighted by Gasteiger charge is 2.29. The summed E-state index contributed by atoms with van der Waals surface area (Å²) in [6, 6.07) is 7.27. The molecule has 0 aliphatic carbocycles. The second-order valence-electron chi connectivity index (χ2n) is 9.01. The standard InChI is InChI=1S/C25H29N9O2/c1-17-13-27-22-21(17)23(30-16-29-22)33-6-7-34(18(2)14-33)25(28-15-26)31-20-5-3-4-19(12-20)24(35)32-8-10-36-11-9-32/h3-5,12-13,16,18H,6-11,14H2,1-2H3,(H,28,31)(H,27,29,30)/t18-/m0/s1. The third-order valence-electron chi connectivity index (χ3n) is 6.64. The fourth-order valence-corrected chi connectivity index (χ4v) is 4.80. The summed E-state index contributed by atoms with van der Waals surface area (Å²) in [5.74, 6) is 1.33. The summed E-state index contributed by atoms with van der Waals surface area (Å²) in [5, 5.41) is 13.2. The monoisotopic (exact) mass is 487 g/mol. The van der Waals surface area contributed by atoms with Crippen LogP contribution in [0.25, 0.3) is 11.0 Å². The maximum absolute atomic E-state index is 12.9. The van der Waals surface area contributed by atoms with E-state index >= 15 is 0 Å². The van der Waals surface area contributed by atoms with Crippen molar-refractivity contribution in [3.05, 3.63) is 47.9 Å². The van der Waals surface area contributed by atoms with Gasteiger partial charge in [-0.15, -0.1) is 0 Å². The number of carbonyl (C=O) groups excluding carboxylic acids is 1. The van der Waals surface area contributed by atoms with Crippen molar-refractivity contribution in [3.63, 3.8) is 0 Å². The molecule has 11 nitrogen and oxygen atoms in total. The van der Waals surface area contributed by atoms with E-state index in [9.17, 15) is 10.1 Å². The number of benzene rings is 1. The molecule has 2 aliphatic heterocycles. The average molecular weight is 488 g/mol. The Labute approximate surface area is 209 Å². The Balaban J connectivity index is 1.35. The minimum Gasteiger partial charge on any atom is -0.378 e. The Kier molecular flexibility index (Phi) is 6.69. The van der Waals surface area contributed by atoms with Gasteiger partial charge in [-0.3, -0.25) is 10.1 Å². The average Bonchev–Trinajstić information content (AvgIpc) is 3.29. The third-order valence-corrected chi connectivity index (χ3v) is 6.64. The summed E-state index contributed by atoms with van der Waals surface area (Å²) < 4.78 is 5.35. The van der Waals surface area contributed by atoms with Crippen LogP contribution in [0.15, 0.2) is 41.8 Å². The number of nitrogens with one attached hydrogen (secondary N) is 2. The van der Waals surface area contributed by atoms with Crippen molar-refractivity contribution in [1.29, 1.82) is 5.26 Å². The van der Waals surface area contributed by atoms with Crippen LogP contribution in [0.4, 0.5) is 11.5 Å². The van der Waals surface area contributed by atoms with E-state index in [1.54, 1.807) is 23.4 Å². The normalized spacial score (nSPS) is 18.9. The zero-order chi connectivity index (χ0) is 25.1. The lowest BCUT2D eigenvalue weighted by Gasteiger charge is -2.41. The molecule has 2 aromatic heterocycles. The van der Waals surface area contributed by atoms with Crippen LogP contribution in [0.5, 0.6) is 0 Å². The summed E-state index contributed by atoms with van der Waals surface area (Å²) in [5.41, 5.74) is 3.12. The van der Waals surface area contributed by atoms with E-state index in [0.29, 0.717) is 63.1 Å². The number of piperazine rings is 1. The lowest BCUT2D eigenvalue weighted by Crippen LogP contribution is -2.56. The van der Waals surface area contributed by atoms with E-state index in [2.05, 4.69) is 37.0 Å². The first kappa shape index (κ1) is 23.6. The molecule has 2 fully saturated rings. The van der Waals surface area contributed by atoms with E-state index in [4.69, 9.17) is 9.73 Å². The van der Waals surface area contributed by atoms with Gasteiger partial charge >= 0.3 is 0 Å². The number of H-pyrrole nitrogens is 1. The molecule has 2 N–H and O–H groups in total. The van der Waals surface area contributed by atoms with Gasteiger partial charge < -0.3 is 24.4 Å². The molecule has 0 unspecified atom stereocenters. The maximum Gasteiger partial charge on any atom is 0.254 e. The highest BCUT2D eigenvalue weighted by molar-refractivity contribution is 5.95. The quantitative estimate of drug-likeness (QED) is 0.249. The Morgan fingerprint density at radius 2 is 2.08 bits per heavy atom. The van der Waals surface area contributed by atoms with Gasteiger partial charge in [0.1, 0.15) is 17.8 Å². The molecule has 0 radical (unpaired) electrons. The van der Waals surface area contributed by atoms with Crippen LogP contribution in [-0.4, -0.2) is 88.6 Å². The number of hydrogen-bond acceptors (Lipinski definition) is 7. The van der Waals surface area contributed by atoms with Gasteiger partial charge in [0.15, 0.2) is 6.19 Å². The first-order valence-electron chi connectivity index (χ1n) is 12.1. The second-order valence-corrected chi connectivity index (χ2v) is 9.01. The van der Waals surface area contributed by atoms with Gasteiger partial charge in [-0.1, -0.05) is 6.07 Å². The van der Waals surface area contributed by atoms with Gasteiger partial charge in [0.25, 0.3) is 5.91 Å². The van der Waals surface area contributed by atoms with E-state index in [1.165, 1.54) is 0 Å². The highest BCUT2D eigenvalue weighted by Crippen LogP contribution is 2.28. The number of anilines is 1. The SMILES string of the molecule is Cc1c[nH]c2ncnc(N3CCN(C(=Nc4cccc(C(=O)N5CCOCC5)c4)NC#N)[C@@H](C)C3)c12. The number of hydrogen-bond donors (Lipinski definition) is 2. The summed E-state index contributed by atoms with van der Waals surface area (Å²) in [6.45, 7) is 8.47. The Morgan fingerprint density at radius 1 is 1.25 bits per heavy atom. The molecule has 36 heavy (non-hydrogen) atoms. The number of morpholine rings is 1. The number of guanidine groups is 1. The number of nitriles is 1. The number of carbonyl (C=O) groups is 1. The van der Waals surface area contributed by atoms with Gasteiger partial charge in [0.05, 0.1) is 24.3 Å². The van der Waals surface area contributed by atoms with Crippen LogP contribution in [0, 0.1) is 18.4 Å². The van der Waals surface area contributed by atoms with E-state index in [-0.39, 0.29) is 11.9 Å². The molecule has 1 aromatic carbocycles. The van der Waals surface area contributed by atoms with Crippen molar-refractivity contribution < 1.29 is 9.53 Å². The predicted molar refractivity (Wildman–Crippen MR) is 136 cm³/mol. The van der Waals surface area contributed by atoms with Crippen LogP contribution < -0.4 is 10.2 Å². The Bertz CT molecular complexity index is 1320. The smallest absolute Gasteiger partial charge is 0.254 e. The largest absolute Gasteiger partial charge is 0.378 e. The highest BCUT2D eigenvalue weighted by atomic mass is 16.5. The van der Waals surface area contributed by atoms with E-state index in [0.717, 1.165) is 22.4 Å². The molecule has 0 saturated carbocycles. The molecule has 1 amide bonds. The molecule has 186 valence electrons. The molecule has 4 heterocycles. The number of aromatic nitrogens is 3. The third kappa shape index (κ3) is 4.67. The summed E-state index contributed by atoms with van der Waals surface area (Å²) in [4.78, 5) is 35.9. The molecule has 5 rings (SSSR count). The van der Waals surface area contributed by atoms with Crippen molar-refractivity contribution in [2.24, 2.45) is 4.99 Å². The van der Waals surface area contributed by atoms with Gasteiger partial charge in [-0.25, -0.2) is 15.0 Å². The van der Waals surface area contributed by atoms with E-state index < -0.39 is 0 Å². The molecular weight excluding hydrogens is 458 g/mol. The number of amides is 1. The lowest BCUT2D eigenvalue weighted by molar-refractivity contribution is 0.0303. The number of ether oxygens (including phenoxy) is 1. The predicted octanol–water partition coefficient (Wildman–Crippen LogP) is 2.01. The maximum atomic E-state index is 12.9. The van der Waals surface area contributed by atoms with Crippen LogP contribution >= 0.6 is 0 Å². The summed E-state index contributed by atoms with van der Waals surface area (Å²) in [6.07, 6.45) is 5.55. The van der Waals surface area contributed by atoms with Crippen LogP contribution in [0.1, 0.15) is 22.8 Å². The van der Waals surface area contributed by atoms with Crippen molar-refractivity contribution >= 4 is 34.4 Å². The number of fused-ring (bicyclic) bond motifs is 1. The molecular formula is C25H29N9O2. The fourth-order valence-electron chi connectivity index (χ4n) is 4.80. The number of nitrogens with zero attached hydrogens (tertiary/aromatic N) is 7. The number of aliphatic imine (C=N–C) groups is 1.